The molecule has 2 atom stereocenters. The van der Waals surface area contributed by atoms with Gasteiger partial charge in [0.05, 0.1) is 0 Å². The highest BCUT2D eigenvalue weighted by molar-refractivity contribution is 5.76. The molecule has 224 valence electrons. The molecule has 22 heteroatoms. The molecule has 0 aromatic rings. The third-order valence-corrected chi connectivity index (χ3v) is 3.98. The number of aliphatic carboxylic acids is 1. The molecule has 5 nitrogen and oxygen atoms in total. The standard InChI is InChI=1S/C9HF17O4.C6H15N/c10-2(1(27)28,5(14,15)16)29-9(25,26)4(13,7(20,21)22)30-8(23,24)3(11,12)6(17,18)19;1-4-7(5-2)6-3/h(H,27,28);4-6H2,1-3H3. The summed E-state index contributed by atoms with van der Waals surface area (Å²) in [5, 5.41) is 7.85. The van der Waals surface area contributed by atoms with Crippen molar-refractivity contribution >= 4 is 5.97 Å². The number of halogens is 17. The van der Waals surface area contributed by atoms with Crippen molar-refractivity contribution < 1.29 is 94.0 Å². The Bertz CT molecular complexity index is 741. The van der Waals surface area contributed by atoms with E-state index >= 15 is 0 Å². The Kier molecular flexibility index (Phi) is 11.6. The van der Waals surface area contributed by atoms with Crippen molar-refractivity contribution in [2.75, 3.05) is 19.6 Å². The van der Waals surface area contributed by atoms with Gasteiger partial charge in [0.2, 0.25) is 0 Å². The number of rotatable bonds is 10. The SMILES string of the molecule is CCN(CC)CC.O=C(O)C(F)(OC(F)(F)C(F)(OC(F)(F)C(F)(F)C(F)(F)F)C(F)(F)F)C(F)(F)F. The first kappa shape index (κ1) is 37.3. The second-order valence-electron chi connectivity index (χ2n) is 6.42. The van der Waals surface area contributed by atoms with Gasteiger partial charge >= 0.3 is 54.3 Å². The van der Waals surface area contributed by atoms with Crippen molar-refractivity contribution in [2.24, 2.45) is 0 Å². The Labute approximate surface area is 195 Å². The van der Waals surface area contributed by atoms with E-state index in [-0.39, 0.29) is 0 Å². The fraction of sp³-hybridized carbons (Fsp3) is 0.933. The number of hydrogen-bond acceptors (Lipinski definition) is 4. The number of ether oxygens (including phenoxy) is 2. The lowest BCUT2D eigenvalue weighted by Crippen LogP contribution is -2.68. The second kappa shape index (κ2) is 11.5. The molecular weight excluding hydrogens is 581 g/mol. The minimum atomic E-state index is -8.09. The summed E-state index contributed by atoms with van der Waals surface area (Å²) >= 11 is 0. The van der Waals surface area contributed by atoms with E-state index in [1.807, 2.05) is 0 Å². The zero-order valence-electron chi connectivity index (χ0n) is 18.2. The summed E-state index contributed by atoms with van der Waals surface area (Å²) < 4.78 is 216. The fourth-order valence-electron chi connectivity index (χ4n) is 1.82. The molecule has 0 aromatic carbocycles. The molecule has 0 spiro atoms. The molecule has 0 heterocycles. The largest absolute Gasteiger partial charge is 0.477 e. The number of nitrogens with zero attached hydrogens (tertiary/aromatic N) is 1. The van der Waals surface area contributed by atoms with Gasteiger partial charge < -0.3 is 10.0 Å². The Hall–Kier alpha value is -1.84. The molecule has 2 unspecified atom stereocenters. The predicted molar refractivity (Wildman–Crippen MR) is 84.0 cm³/mol. The van der Waals surface area contributed by atoms with Crippen LogP contribution in [0.3, 0.4) is 0 Å². The highest BCUT2D eigenvalue weighted by Gasteiger charge is 2.85. The lowest BCUT2D eigenvalue weighted by molar-refractivity contribution is -0.548. The lowest BCUT2D eigenvalue weighted by Gasteiger charge is -2.39. The van der Waals surface area contributed by atoms with Crippen molar-refractivity contribution in [1.82, 2.24) is 4.90 Å². The number of carbonyl (C=O) groups is 1. The van der Waals surface area contributed by atoms with Crippen LogP contribution in [-0.2, 0) is 14.3 Å². The Balaban J connectivity index is 0. The summed E-state index contributed by atoms with van der Waals surface area (Å²) in [5.41, 5.74) is 0. The van der Waals surface area contributed by atoms with Crippen LogP contribution >= 0.6 is 0 Å². The summed E-state index contributed by atoms with van der Waals surface area (Å²) in [5.74, 6) is -27.3. The summed E-state index contributed by atoms with van der Waals surface area (Å²) in [6.07, 6.45) is -38.8. The minimum Gasteiger partial charge on any atom is -0.477 e. The van der Waals surface area contributed by atoms with Crippen LogP contribution in [0.15, 0.2) is 0 Å². The lowest BCUT2D eigenvalue weighted by atomic mass is 10.2. The van der Waals surface area contributed by atoms with Crippen LogP contribution in [0, 0.1) is 0 Å². The highest BCUT2D eigenvalue weighted by Crippen LogP contribution is 2.56. The molecule has 0 saturated heterocycles. The van der Waals surface area contributed by atoms with Crippen LogP contribution in [-0.4, -0.2) is 84.0 Å². The molecule has 37 heavy (non-hydrogen) atoms. The van der Waals surface area contributed by atoms with E-state index < -0.39 is 54.3 Å². The average Bonchev–Trinajstić information content (AvgIpc) is 2.66. The third kappa shape index (κ3) is 7.83. The summed E-state index contributed by atoms with van der Waals surface area (Å²) in [6, 6.07) is 0. The van der Waals surface area contributed by atoms with Crippen molar-refractivity contribution in [1.29, 1.82) is 0 Å². The number of carboxylic acid groups (broad SMARTS) is 1. The van der Waals surface area contributed by atoms with Crippen LogP contribution in [0.25, 0.3) is 0 Å². The summed E-state index contributed by atoms with van der Waals surface area (Å²) in [7, 11) is 0. The Morgan fingerprint density at radius 2 is 0.946 bits per heavy atom. The van der Waals surface area contributed by atoms with Crippen LogP contribution < -0.4 is 0 Å². The van der Waals surface area contributed by atoms with E-state index in [2.05, 4.69) is 25.7 Å². The van der Waals surface area contributed by atoms with Gasteiger partial charge in [0.1, 0.15) is 0 Å². The molecule has 0 amide bonds. The van der Waals surface area contributed by atoms with Crippen LogP contribution in [0.5, 0.6) is 0 Å². The number of carboxylic acids is 1. The fourth-order valence-corrected chi connectivity index (χ4v) is 1.82. The molecule has 0 aromatic heterocycles. The van der Waals surface area contributed by atoms with E-state index in [1.165, 1.54) is 29.1 Å². The molecular formula is C15H16F17NO4. The maximum absolute atomic E-state index is 13.5. The molecule has 0 radical (unpaired) electrons. The molecule has 0 bridgehead atoms. The van der Waals surface area contributed by atoms with Gasteiger partial charge in [-0.1, -0.05) is 20.8 Å². The smallest absolute Gasteiger partial charge is 0.462 e. The van der Waals surface area contributed by atoms with E-state index in [4.69, 9.17) is 5.11 Å². The zero-order valence-corrected chi connectivity index (χ0v) is 18.2. The maximum atomic E-state index is 13.5. The van der Waals surface area contributed by atoms with Gasteiger partial charge in [-0.15, -0.1) is 0 Å². The Morgan fingerprint density at radius 3 is 1.14 bits per heavy atom. The van der Waals surface area contributed by atoms with Gasteiger partial charge in [0.15, 0.2) is 0 Å². The van der Waals surface area contributed by atoms with Gasteiger partial charge in [-0.05, 0) is 19.6 Å². The van der Waals surface area contributed by atoms with Crippen molar-refractivity contribution in [3.8, 4) is 0 Å². The molecule has 0 saturated carbocycles. The third-order valence-electron chi connectivity index (χ3n) is 3.98. The van der Waals surface area contributed by atoms with E-state index in [0.717, 1.165) is 0 Å². The number of alkyl halides is 17. The predicted octanol–water partition coefficient (Wildman–Crippen LogP) is 6.29. The first-order valence-corrected chi connectivity index (χ1v) is 9.03. The van der Waals surface area contributed by atoms with Gasteiger partial charge in [-0.2, -0.15) is 74.6 Å². The second-order valence-corrected chi connectivity index (χ2v) is 6.42. The number of hydrogen-bond donors (Lipinski definition) is 1. The van der Waals surface area contributed by atoms with Gasteiger partial charge in [0.25, 0.3) is 0 Å². The van der Waals surface area contributed by atoms with Gasteiger partial charge in [0, 0.05) is 0 Å². The minimum absolute atomic E-state index is 1.19. The molecule has 0 aliphatic rings. The molecule has 1 N–H and O–H groups in total. The van der Waals surface area contributed by atoms with Crippen molar-refractivity contribution in [2.45, 2.75) is 69.1 Å². The highest BCUT2D eigenvalue weighted by atomic mass is 19.4. The average molecular weight is 597 g/mol. The van der Waals surface area contributed by atoms with Crippen LogP contribution in [0.2, 0.25) is 0 Å². The topological polar surface area (TPSA) is 59.0 Å². The maximum Gasteiger partial charge on any atom is 0.462 e. The summed E-state index contributed by atoms with van der Waals surface area (Å²) in [4.78, 5) is 12.5. The molecule has 0 fully saturated rings. The van der Waals surface area contributed by atoms with E-state index in [9.17, 15) is 79.4 Å². The van der Waals surface area contributed by atoms with Gasteiger partial charge in [-0.3, -0.25) is 9.47 Å². The molecule has 0 aliphatic carbocycles. The first-order valence-electron chi connectivity index (χ1n) is 9.03. The van der Waals surface area contributed by atoms with Crippen LogP contribution in [0.4, 0.5) is 74.6 Å². The summed E-state index contributed by atoms with van der Waals surface area (Å²) in [6.45, 7) is 10.1. The van der Waals surface area contributed by atoms with E-state index in [1.54, 1.807) is 0 Å². The zero-order chi connectivity index (χ0) is 30.7. The monoisotopic (exact) mass is 597 g/mol. The molecule has 0 aliphatic heterocycles. The van der Waals surface area contributed by atoms with Crippen molar-refractivity contribution in [3.63, 3.8) is 0 Å². The van der Waals surface area contributed by atoms with Crippen molar-refractivity contribution in [3.05, 3.63) is 0 Å². The molecule has 0 rings (SSSR count). The first-order chi connectivity index (χ1) is 16.0. The van der Waals surface area contributed by atoms with Gasteiger partial charge in [-0.25, -0.2) is 4.79 Å². The quantitative estimate of drug-likeness (QED) is 0.300. The van der Waals surface area contributed by atoms with Crippen LogP contribution in [0.1, 0.15) is 20.8 Å². The van der Waals surface area contributed by atoms with E-state index in [0.29, 0.717) is 0 Å². The Morgan fingerprint density at radius 1 is 0.595 bits per heavy atom. The normalized spacial score (nSPS) is 17.5.